The number of aliphatic hydroxyl groups is 1. The Balaban J connectivity index is 2.83. The highest BCUT2D eigenvalue weighted by atomic mass is 16.5. The van der Waals surface area contributed by atoms with E-state index in [0.717, 1.165) is 17.5 Å². The van der Waals surface area contributed by atoms with Gasteiger partial charge in [-0.15, -0.1) is 0 Å². The lowest BCUT2D eigenvalue weighted by Crippen LogP contribution is -2.06. The molecule has 18 heavy (non-hydrogen) atoms. The summed E-state index contributed by atoms with van der Waals surface area (Å²) in [5, 5.41) is 8.90. The average Bonchev–Trinajstić information content (AvgIpc) is 2.42. The van der Waals surface area contributed by atoms with Crippen LogP contribution in [0, 0.1) is 6.57 Å². The number of nitrogens with zero attached hydrogens (tertiary/aromatic N) is 1. The molecule has 0 fully saturated rings. The molecular weight excluding hydrogens is 230 g/mol. The molecule has 0 aromatic heterocycles. The van der Waals surface area contributed by atoms with Crippen LogP contribution in [0.3, 0.4) is 0 Å². The number of rotatable bonds is 5. The van der Waals surface area contributed by atoms with Crippen molar-refractivity contribution in [3.05, 3.63) is 52.5 Å². The van der Waals surface area contributed by atoms with Crippen LogP contribution in [0.2, 0.25) is 0 Å². The molecule has 1 aromatic carbocycles. The molecule has 0 amide bonds. The fourth-order valence-electron chi connectivity index (χ4n) is 1.28. The Labute approximate surface area is 106 Å². The second-order valence-electron chi connectivity index (χ2n) is 3.68. The van der Waals surface area contributed by atoms with Gasteiger partial charge < -0.3 is 9.84 Å². The van der Waals surface area contributed by atoms with Crippen molar-refractivity contribution in [1.82, 2.24) is 0 Å². The van der Waals surface area contributed by atoms with Gasteiger partial charge in [-0.1, -0.05) is 31.2 Å². The standard InChI is InChI=1S/C14H15NO3/c1-3-8-18-14(17)13(15-2)9-11-4-6-12(10-16)7-5-11/h4-7,9,16H,3,8,10H2,1H3. The molecule has 0 aliphatic heterocycles. The van der Waals surface area contributed by atoms with E-state index in [2.05, 4.69) is 4.85 Å². The molecule has 0 saturated heterocycles. The Morgan fingerprint density at radius 1 is 1.44 bits per heavy atom. The Kier molecular flexibility index (Phi) is 5.62. The third-order valence-corrected chi connectivity index (χ3v) is 2.23. The van der Waals surface area contributed by atoms with Gasteiger partial charge in [-0.05, 0) is 23.6 Å². The molecule has 0 bridgehead atoms. The van der Waals surface area contributed by atoms with Gasteiger partial charge in [0.1, 0.15) is 0 Å². The minimum atomic E-state index is -0.599. The maximum Gasteiger partial charge on any atom is 0.336 e. The normalized spacial score (nSPS) is 10.8. The van der Waals surface area contributed by atoms with Crippen molar-refractivity contribution in [2.75, 3.05) is 6.61 Å². The summed E-state index contributed by atoms with van der Waals surface area (Å²) >= 11 is 0. The molecular formula is C14H15NO3. The van der Waals surface area contributed by atoms with E-state index >= 15 is 0 Å². The predicted molar refractivity (Wildman–Crippen MR) is 68.2 cm³/mol. The minimum Gasteiger partial charge on any atom is -0.471 e. The van der Waals surface area contributed by atoms with Gasteiger partial charge in [0.25, 0.3) is 5.70 Å². The number of ether oxygens (including phenoxy) is 1. The Morgan fingerprint density at radius 2 is 2.11 bits per heavy atom. The molecule has 1 rings (SSSR count). The van der Waals surface area contributed by atoms with Crippen LogP contribution < -0.4 is 0 Å². The van der Waals surface area contributed by atoms with Crippen LogP contribution in [0.15, 0.2) is 30.0 Å². The molecule has 0 aliphatic carbocycles. The van der Waals surface area contributed by atoms with E-state index in [-0.39, 0.29) is 12.3 Å². The number of benzene rings is 1. The molecule has 0 unspecified atom stereocenters. The van der Waals surface area contributed by atoms with Crippen molar-refractivity contribution >= 4 is 12.0 Å². The molecule has 0 heterocycles. The first-order chi connectivity index (χ1) is 8.71. The van der Waals surface area contributed by atoms with Gasteiger partial charge in [-0.2, -0.15) is 0 Å². The van der Waals surface area contributed by atoms with Crippen molar-refractivity contribution in [2.45, 2.75) is 20.0 Å². The molecule has 1 aromatic rings. The monoisotopic (exact) mass is 245 g/mol. The second kappa shape index (κ2) is 7.25. The summed E-state index contributed by atoms with van der Waals surface area (Å²) < 4.78 is 4.90. The van der Waals surface area contributed by atoms with Gasteiger partial charge in [-0.3, -0.25) is 4.79 Å². The van der Waals surface area contributed by atoms with Gasteiger partial charge in [0, 0.05) is 0 Å². The molecule has 1 N–H and O–H groups in total. The fourth-order valence-corrected chi connectivity index (χ4v) is 1.28. The van der Waals surface area contributed by atoms with E-state index in [0.29, 0.717) is 6.61 Å². The second-order valence-corrected chi connectivity index (χ2v) is 3.68. The van der Waals surface area contributed by atoms with Crippen molar-refractivity contribution < 1.29 is 14.6 Å². The summed E-state index contributed by atoms with van der Waals surface area (Å²) in [5.41, 5.74) is 1.47. The highest BCUT2D eigenvalue weighted by Gasteiger charge is 2.10. The first kappa shape index (κ1) is 13.9. The molecule has 0 radical (unpaired) electrons. The van der Waals surface area contributed by atoms with E-state index in [1.165, 1.54) is 6.08 Å². The fraction of sp³-hybridized carbons (Fsp3) is 0.286. The van der Waals surface area contributed by atoms with Gasteiger partial charge in [0.2, 0.25) is 0 Å². The molecule has 4 heteroatoms. The SMILES string of the molecule is [C-]#[N+]C(=Cc1ccc(CO)cc1)C(=O)OCCC. The van der Waals surface area contributed by atoms with E-state index in [9.17, 15) is 4.79 Å². The summed E-state index contributed by atoms with van der Waals surface area (Å²) in [6, 6.07) is 6.96. The molecule has 4 nitrogen and oxygen atoms in total. The highest BCUT2D eigenvalue weighted by molar-refractivity contribution is 5.95. The third-order valence-electron chi connectivity index (χ3n) is 2.23. The number of carbonyl (C=O) groups excluding carboxylic acids is 1. The van der Waals surface area contributed by atoms with E-state index < -0.39 is 5.97 Å². The lowest BCUT2D eigenvalue weighted by molar-refractivity contribution is -0.138. The van der Waals surface area contributed by atoms with E-state index in [4.69, 9.17) is 16.4 Å². The van der Waals surface area contributed by atoms with Gasteiger partial charge in [0.05, 0.1) is 19.8 Å². The summed E-state index contributed by atoms with van der Waals surface area (Å²) in [6.07, 6.45) is 2.20. The summed E-state index contributed by atoms with van der Waals surface area (Å²) in [6.45, 7) is 9.15. The van der Waals surface area contributed by atoms with Crippen LogP contribution in [0.5, 0.6) is 0 Å². The van der Waals surface area contributed by atoms with Crippen LogP contribution in [0.4, 0.5) is 0 Å². The van der Waals surface area contributed by atoms with Crippen LogP contribution in [-0.4, -0.2) is 17.7 Å². The predicted octanol–water partition coefficient (Wildman–Crippen LogP) is 2.39. The Bertz CT molecular complexity index is 469. The smallest absolute Gasteiger partial charge is 0.336 e. The number of esters is 1. The number of hydrogen-bond acceptors (Lipinski definition) is 3. The van der Waals surface area contributed by atoms with Gasteiger partial charge in [0.15, 0.2) is 0 Å². The summed E-state index contributed by atoms with van der Waals surface area (Å²) in [7, 11) is 0. The number of carbonyl (C=O) groups is 1. The van der Waals surface area contributed by atoms with Crippen molar-refractivity contribution in [2.24, 2.45) is 0 Å². The van der Waals surface area contributed by atoms with Crippen molar-refractivity contribution in [3.8, 4) is 0 Å². The van der Waals surface area contributed by atoms with Gasteiger partial charge in [-0.25, -0.2) is 4.85 Å². The van der Waals surface area contributed by atoms with Crippen molar-refractivity contribution in [1.29, 1.82) is 0 Å². The van der Waals surface area contributed by atoms with Crippen LogP contribution in [0.1, 0.15) is 24.5 Å². The van der Waals surface area contributed by atoms with Crippen LogP contribution in [-0.2, 0) is 16.1 Å². The summed E-state index contributed by atoms with van der Waals surface area (Å²) in [5.74, 6) is -0.599. The molecule has 0 atom stereocenters. The van der Waals surface area contributed by atoms with E-state index in [1.807, 2.05) is 6.92 Å². The zero-order valence-electron chi connectivity index (χ0n) is 10.2. The largest absolute Gasteiger partial charge is 0.471 e. The lowest BCUT2D eigenvalue weighted by Gasteiger charge is -2.02. The quantitative estimate of drug-likeness (QED) is 0.492. The van der Waals surface area contributed by atoms with E-state index in [1.54, 1.807) is 24.3 Å². The van der Waals surface area contributed by atoms with Gasteiger partial charge >= 0.3 is 5.97 Å². The maximum atomic E-state index is 11.5. The molecule has 0 saturated carbocycles. The average molecular weight is 245 g/mol. The maximum absolute atomic E-state index is 11.5. The lowest BCUT2D eigenvalue weighted by atomic mass is 10.1. The number of aliphatic hydroxyl groups excluding tert-OH is 1. The first-order valence-corrected chi connectivity index (χ1v) is 5.67. The Hall–Kier alpha value is -2.12. The minimum absolute atomic E-state index is 0.0296. The van der Waals surface area contributed by atoms with Crippen LogP contribution in [0.25, 0.3) is 10.9 Å². The summed E-state index contributed by atoms with van der Waals surface area (Å²) in [4.78, 5) is 14.7. The zero-order valence-corrected chi connectivity index (χ0v) is 10.2. The topological polar surface area (TPSA) is 50.9 Å². The molecule has 0 aliphatic rings. The van der Waals surface area contributed by atoms with Crippen LogP contribution >= 0.6 is 0 Å². The Morgan fingerprint density at radius 3 is 2.61 bits per heavy atom. The highest BCUT2D eigenvalue weighted by Crippen LogP contribution is 2.11. The molecule has 94 valence electrons. The molecule has 0 spiro atoms. The van der Waals surface area contributed by atoms with Crippen molar-refractivity contribution in [3.63, 3.8) is 0 Å². The number of hydrogen-bond donors (Lipinski definition) is 1. The first-order valence-electron chi connectivity index (χ1n) is 5.67. The zero-order chi connectivity index (χ0) is 13.4. The third kappa shape index (κ3) is 4.04.